The standard InChI is InChI=1S/C19H21N3OS/c1-3-14-12-24-19-21-17(16-6-4-5-11-20-16)18(22(14)19)13-7-9-15(23-2)10-8-13/h4-11,14,17-18H,3,12H2,1-2H3/t14-,17-,18+/m0/s1. The van der Waals surface area contributed by atoms with Gasteiger partial charge < -0.3 is 9.64 Å². The molecule has 0 amide bonds. The van der Waals surface area contributed by atoms with Crippen molar-refractivity contribution in [1.82, 2.24) is 9.88 Å². The van der Waals surface area contributed by atoms with Crippen LogP contribution in [-0.2, 0) is 0 Å². The number of thioether (sulfide) groups is 1. The predicted octanol–water partition coefficient (Wildman–Crippen LogP) is 4.07. The molecule has 2 aliphatic rings. The number of nitrogens with zero attached hydrogens (tertiary/aromatic N) is 3. The number of aliphatic imine (C=N–C) groups is 1. The lowest BCUT2D eigenvalue weighted by atomic mass is 9.95. The van der Waals surface area contributed by atoms with Gasteiger partial charge in [0.2, 0.25) is 0 Å². The molecule has 24 heavy (non-hydrogen) atoms. The van der Waals surface area contributed by atoms with Gasteiger partial charge in [0.15, 0.2) is 5.17 Å². The normalized spacial score (nSPS) is 25.5. The largest absolute Gasteiger partial charge is 0.497 e. The first-order valence-electron chi connectivity index (χ1n) is 8.35. The van der Waals surface area contributed by atoms with Crippen molar-refractivity contribution in [3.63, 3.8) is 0 Å². The van der Waals surface area contributed by atoms with E-state index in [4.69, 9.17) is 9.73 Å². The van der Waals surface area contributed by atoms with Crippen molar-refractivity contribution in [2.24, 2.45) is 4.99 Å². The van der Waals surface area contributed by atoms with Crippen LogP contribution >= 0.6 is 11.8 Å². The molecule has 3 atom stereocenters. The molecule has 1 fully saturated rings. The molecule has 1 aromatic carbocycles. The third-order valence-corrected chi connectivity index (χ3v) is 5.91. The molecule has 1 saturated heterocycles. The predicted molar refractivity (Wildman–Crippen MR) is 98.5 cm³/mol. The van der Waals surface area contributed by atoms with E-state index >= 15 is 0 Å². The average Bonchev–Trinajstić information content (AvgIpc) is 3.21. The van der Waals surface area contributed by atoms with E-state index in [1.165, 1.54) is 10.7 Å². The van der Waals surface area contributed by atoms with Crippen LogP contribution in [0.4, 0.5) is 0 Å². The summed E-state index contributed by atoms with van der Waals surface area (Å²) in [4.78, 5) is 12.1. The lowest BCUT2D eigenvalue weighted by Crippen LogP contribution is -2.35. The Morgan fingerprint density at radius 3 is 2.71 bits per heavy atom. The van der Waals surface area contributed by atoms with Crippen LogP contribution in [-0.4, -0.2) is 34.0 Å². The Bertz CT molecular complexity index is 732. The zero-order valence-corrected chi connectivity index (χ0v) is 14.7. The maximum atomic E-state index is 5.31. The van der Waals surface area contributed by atoms with Crippen LogP contribution in [0.2, 0.25) is 0 Å². The molecule has 3 heterocycles. The Hall–Kier alpha value is -2.01. The van der Waals surface area contributed by atoms with Gasteiger partial charge in [-0.05, 0) is 36.2 Å². The average molecular weight is 339 g/mol. The van der Waals surface area contributed by atoms with Gasteiger partial charge in [-0.1, -0.05) is 36.9 Å². The Morgan fingerprint density at radius 1 is 1.21 bits per heavy atom. The smallest absolute Gasteiger partial charge is 0.160 e. The second-order valence-electron chi connectivity index (χ2n) is 6.11. The Labute approximate surface area is 147 Å². The summed E-state index contributed by atoms with van der Waals surface area (Å²) in [6, 6.07) is 15.3. The minimum atomic E-state index is 0.0523. The van der Waals surface area contributed by atoms with E-state index in [-0.39, 0.29) is 12.1 Å². The number of ether oxygens (including phenoxy) is 1. The van der Waals surface area contributed by atoms with Gasteiger partial charge in [-0.15, -0.1) is 0 Å². The van der Waals surface area contributed by atoms with Gasteiger partial charge in [0.25, 0.3) is 0 Å². The summed E-state index contributed by atoms with van der Waals surface area (Å²) in [7, 11) is 1.70. The number of fused-ring (bicyclic) bond motifs is 1. The summed E-state index contributed by atoms with van der Waals surface area (Å²) < 4.78 is 5.31. The van der Waals surface area contributed by atoms with Crippen LogP contribution in [0.3, 0.4) is 0 Å². The monoisotopic (exact) mass is 339 g/mol. The number of aromatic nitrogens is 1. The number of hydrogen-bond acceptors (Lipinski definition) is 5. The van der Waals surface area contributed by atoms with Crippen LogP contribution in [0.1, 0.15) is 36.7 Å². The molecular formula is C19H21N3OS. The molecule has 0 spiro atoms. The van der Waals surface area contributed by atoms with Crippen LogP contribution < -0.4 is 4.74 Å². The lowest BCUT2D eigenvalue weighted by Gasteiger charge is -2.32. The number of benzene rings is 1. The molecular weight excluding hydrogens is 318 g/mol. The summed E-state index contributed by atoms with van der Waals surface area (Å²) in [6.07, 6.45) is 2.99. The molecule has 0 aliphatic carbocycles. The molecule has 2 aromatic rings. The molecule has 0 radical (unpaired) electrons. The van der Waals surface area contributed by atoms with Crippen LogP contribution in [0.25, 0.3) is 0 Å². The summed E-state index contributed by atoms with van der Waals surface area (Å²) in [5.74, 6) is 2.01. The molecule has 4 nitrogen and oxygen atoms in total. The first kappa shape index (κ1) is 15.5. The summed E-state index contributed by atoms with van der Waals surface area (Å²) in [5, 5.41) is 1.17. The zero-order chi connectivity index (χ0) is 16.5. The molecule has 0 N–H and O–H groups in total. The summed E-state index contributed by atoms with van der Waals surface area (Å²) in [5.41, 5.74) is 2.31. The van der Waals surface area contributed by atoms with E-state index in [1.54, 1.807) is 7.11 Å². The topological polar surface area (TPSA) is 37.7 Å². The third kappa shape index (κ3) is 2.57. The molecule has 1 aromatic heterocycles. The van der Waals surface area contributed by atoms with E-state index < -0.39 is 0 Å². The fraction of sp³-hybridized carbons (Fsp3) is 0.368. The first-order valence-corrected chi connectivity index (χ1v) is 9.34. The van der Waals surface area contributed by atoms with Crippen molar-refractivity contribution in [3.8, 4) is 5.75 Å². The summed E-state index contributed by atoms with van der Waals surface area (Å²) in [6.45, 7) is 2.26. The van der Waals surface area contributed by atoms with Gasteiger partial charge in [-0.2, -0.15) is 0 Å². The van der Waals surface area contributed by atoms with Gasteiger partial charge in [0, 0.05) is 18.0 Å². The van der Waals surface area contributed by atoms with Gasteiger partial charge in [-0.3, -0.25) is 9.98 Å². The van der Waals surface area contributed by atoms with Gasteiger partial charge >= 0.3 is 0 Å². The molecule has 4 rings (SSSR count). The number of rotatable bonds is 4. The van der Waals surface area contributed by atoms with Crippen LogP contribution in [0.15, 0.2) is 53.7 Å². The van der Waals surface area contributed by atoms with Crippen molar-refractivity contribution in [2.75, 3.05) is 12.9 Å². The molecule has 0 unspecified atom stereocenters. The maximum absolute atomic E-state index is 5.31. The van der Waals surface area contributed by atoms with Gasteiger partial charge in [0.1, 0.15) is 11.8 Å². The first-order chi connectivity index (χ1) is 11.8. The van der Waals surface area contributed by atoms with Gasteiger partial charge in [0.05, 0.1) is 18.8 Å². The van der Waals surface area contributed by atoms with Crippen molar-refractivity contribution in [2.45, 2.75) is 31.5 Å². The second kappa shape index (κ2) is 6.48. The highest BCUT2D eigenvalue weighted by Gasteiger charge is 2.45. The maximum Gasteiger partial charge on any atom is 0.160 e. The highest BCUT2D eigenvalue weighted by atomic mass is 32.2. The van der Waals surface area contributed by atoms with E-state index in [0.29, 0.717) is 6.04 Å². The highest BCUT2D eigenvalue weighted by Crippen LogP contribution is 2.48. The Kier molecular flexibility index (Phi) is 4.19. The van der Waals surface area contributed by atoms with Crippen molar-refractivity contribution in [1.29, 1.82) is 0 Å². The van der Waals surface area contributed by atoms with E-state index in [0.717, 1.165) is 23.6 Å². The minimum absolute atomic E-state index is 0.0523. The summed E-state index contributed by atoms with van der Waals surface area (Å²) >= 11 is 1.87. The second-order valence-corrected chi connectivity index (χ2v) is 7.10. The van der Waals surface area contributed by atoms with Crippen LogP contribution in [0.5, 0.6) is 5.75 Å². The molecule has 5 heteroatoms. The van der Waals surface area contributed by atoms with Crippen molar-refractivity contribution in [3.05, 3.63) is 59.9 Å². The number of hydrogen-bond donors (Lipinski definition) is 0. The number of amidine groups is 1. The Morgan fingerprint density at radius 2 is 2.04 bits per heavy atom. The lowest BCUT2D eigenvalue weighted by molar-refractivity contribution is 0.255. The van der Waals surface area contributed by atoms with Gasteiger partial charge in [-0.25, -0.2) is 0 Å². The zero-order valence-electron chi connectivity index (χ0n) is 13.9. The van der Waals surface area contributed by atoms with Crippen molar-refractivity contribution >= 4 is 16.9 Å². The number of pyridine rings is 1. The molecule has 0 bridgehead atoms. The van der Waals surface area contributed by atoms with E-state index in [9.17, 15) is 0 Å². The molecule has 124 valence electrons. The molecule has 0 saturated carbocycles. The quantitative estimate of drug-likeness (QED) is 0.841. The Balaban J connectivity index is 1.76. The van der Waals surface area contributed by atoms with E-state index in [2.05, 4.69) is 35.0 Å². The van der Waals surface area contributed by atoms with Crippen molar-refractivity contribution < 1.29 is 4.74 Å². The molecule has 2 aliphatic heterocycles. The highest BCUT2D eigenvalue weighted by molar-refractivity contribution is 8.14. The number of methoxy groups -OCH3 is 1. The fourth-order valence-electron chi connectivity index (χ4n) is 3.51. The van der Waals surface area contributed by atoms with E-state index in [1.807, 2.05) is 42.2 Å². The third-order valence-electron chi connectivity index (χ3n) is 4.79. The SMILES string of the molecule is CC[C@H]1CSC2=N[C@@H](c3ccccn3)[C@@H](c3ccc(OC)cc3)N21. The fourth-order valence-corrected chi connectivity index (χ4v) is 4.85. The van der Waals surface area contributed by atoms with Crippen LogP contribution in [0, 0.1) is 0 Å². The minimum Gasteiger partial charge on any atom is -0.497 e.